The highest BCUT2D eigenvalue weighted by atomic mass is 16.2. The van der Waals surface area contributed by atoms with Gasteiger partial charge in [-0.05, 0) is 18.4 Å². The molecule has 0 aromatic heterocycles. The van der Waals surface area contributed by atoms with Crippen molar-refractivity contribution in [2.24, 2.45) is 5.10 Å². The van der Waals surface area contributed by atoms with Gasteiger partial charge in [-0.25, -0.2) is 4.79 Å². The minimum Gasteiger partial charge on any atom is -0.263 e. The lowest BCUT2D eigenvalue weighted by molar-refractivity contribution is -0.144. The first-order valence-corrected chi connectivity index (χ1v) is 7.49. The normalized spacial score (nSPS) is 20.5. The molecule has 1 heterocycles. The molecule has 6 nitrogen and oxygen atoms in total. The molecule has 1 saturated heterocycles. The zero-order valence-electron chi connectivity index (χ0n) is 12.1. The van der Waals surface area contributed by atoms with Gasteiger partial charge in [0.25, 0.3) is 0 Å². The van der Waals surface area contributed by atoms with Gasteiger partial charge in [0, 0.05) is 6.04 Å². The third-order valence-corrected chi connectivity index (χ3v) is 4.04. The topological polar surface area (TPSA) is 70.1 Å². The van der Waals surface area contributed by atoms with Crippen LogP contribution in [0.15, 0.2) is 35.4 Å². The standard InChI is InChI=1S/C16H17N3O3/c20-14-15(21)19(17-11-12-7-3-1-4-8-12)16(22)18(14)13-9-5-2-6-10-13/h1,3-4,7-8,11,13H,2,5-6,9-10H2. The predicted octanol–water partition coefficient (Wildman–Crippen LogP) is 2.14. The van der Waals surface area contributed by atoms with Crippen molar-refractivity contribution < 1.29 is 14.4 Å². The highest BCUT2D eigenvalue weighted by molar-refractivity contribution is 6.44. The molecule has 0 unspecified atom stereocenters. The van der Waals surface area contributed by atoms with E-state index in [4.69, 9.17) is 0 Å². The van der Waals surface area contributed by atoms with Gasteiger partial charge in [0.05, 0.1) is 6.21 Å². The van der Waals surface area contributed by atoms with Crippen molar-refractivity contribution in [1.82, 2.24) is 9.91 Å². The van der Waals surface area contributed by atoms with E-state index in [0.717, 1.165) is 42.6 Å². The molecule has 3 rings (SSSR count). The Bertz CT molecular complexity index is 621. The number of hydrazone groups is 1. The van der Waals surface area contributed by atoms with Gasteiger partial charge in [0.1, 0.15) is 0 Å². The zero-order valence-corrected chi connectivity index (χ0v) is 12.1. The summed E-state index contributed by atoms with van der Waals surface area (Å²) in [5, 5.41) is 4.57. The minimum atomic E-state index is -0.872. The predicted molar refractivity (Wildman–Crippen MR) is 80.0 cm³/mol. The monoisotopic (exact) mass is 299 g/mol. The summed E-state index contributed by atoms with van der Waals surface area (Å²) >= 11 is 0. The molecule has 1 aromatic rings. The van der Waals surface area contributed by atoms with Gasteiger partial charge in [-0.3, -0.25) is 14.5 Å². The minimum absolute atomic E-state index is 0.172. The maximum atomic E-state index is 12.3. The van der Waals surface area contributed by atoms with Crippen LogP contribution in [-0.2, 0) is 9.59 Å². The molecule has 0 atom stereocenters. The molecular formula is C16H17N3O3. The Hall–Kier alpha value is -2.50. The van der Waals surface area contributed by atoms with E-state index < -0.39 is 17.8 Å². The summed E-state index contributed by atoms with van der Waals surface area (Å²) in [4.78, 5) is 37.5. The molecule has 6 heteroatoms. The van der Waals surface area contributed by atoms with Crippen molar-refractivity contribution >= 4 is 24.1 Å². The van der Waals surface area contributed by atoms with Crippen LogP contribution in [0.25, 0.3) is 0 Å². The molecule has 1 aliphatic heterocycles. The van der Waals surface area contributed by atoms with E-state index in [2.05, 4.69) is 5.10 Å². The zero-order chi connectivity index (χ0) is 15.5. The van der Waals surface area contributed by atoms with E-state index in [1.54, 1.807) is 12.1 Å². The fourth-order valence-electron chi connectivity index (χ4n) is 2.90. The van der Waals surface area contributed by atoms with Gasteiger partial charge < -0.3 is 0 Å². The molecule has 1 aliphatic carbocycles. The maximum absolute atomic E-state index is 12.3. The number of hydrogen-bond donors (Lipinski definition) is 0. The first-order valence-electron chi connectivity index (χ1n) is 7.49. The SMILES string of the molecule is O=C1C(=O)N(C2CCCCC2)C(=O)N1N=Cc1ccccc1. The molecule has 1 saturated carbocycles. The molecule has 0 bridgehead atoms. The number of benzene rings is 1. The van der Waals surface area contributed by atoms with Crippen LogP contribution in [0.4, 0.5) is 4.79 Å². The van der Waals surface area contributed by atoms with Crippen molar-refractivity contribution in [2.45, 2.75) is 38.1 Å². The van der Waals surface area contributed by atoms with E-state index in [1.807, 2.05) is 18.2 Å². The summed E-state index contributed by atoms with van der Waals surface area (Å²) in [5.74, 6) is -1.63. The van der Waals surface area contributed by atoms with Gasteiger partial charge in [0.2, 0.25) is 0 Å². The summed E-state index contributed by atoms with van der Waals surface area (Å²) in [6.07, 6.45) is 6.00. The Morgan fingerprint density at radius 3 is 2.32 bits per heavy atom. The van der Waals surface area contributed by atoms with Crippen LogP contribution < -0.4 is 0 Å². The van der Waals surface area contributed by atoms with E-state index in [9.17, 15) is 14.4 Å². The Morgan fingerprint density at radius 2 is 1.64 bits per heavy atom. The van der Waals surface area contributed by atoms with E-state index in [-0.39, 0.29) is 6.04 Å². The molecule has 2 aliphatic rings. The first kappa shape index (κ1) is 14.4. The van der Waals surface area contributed by atoms with Crippen LogP contribution in [0, 0.1) is 0 Å². The average molecular weight is 299 g/mol. The summed E-state index contributed by atoms with van der Waals surface area (Å²) < 4.78 is 0. The molecule has 114 valence electrons. The number of carbonyl (C=O) groups is 3. The molecule has 4 amide bonds. The maximum Gasteiger partial charge on any atom is 0.355 e. The summed E-state index contributed by atoms with van der Waals surface area (Å²) in [5.41, 5.74) is 0.756. The lowest BCUT2D eigenvalue weighted by Crippen LogP contribution is -2.41. The van der Waals surface area contributed by atoms with Crippen LogP contribution >= 0.6 is 0 Å². The summed E-state index contributed by atoms with van der Waals surface area (Å²) in [6, 6.07) is 8.31. The number of amides is 4. The average Bonchev–Trinajstić information content (AvgIpc) is 2.77. The van der Waals surface area contributed by atoms with E-state index in [1.165, 1.54) is 6.21 Å². The highest BCUT2D eigenvalue weighted by Crippen LogP contribution is 2.26. The Morgan fingerprint density at radius 1 is 0.955 bits per heavy atom. The van der Waals surface area contributed by atoms with Crippen molar-refractivity contribution in [3.8, 4) is 0 Å². The number of urea groups is 1. The van der Waals surface area contributed by atoms with Gasteiger partial charge in [-0.2, -0.15) is 5.10 Å². The van der Waals surface area contributed by atoms with Crippen molar-refractivity contribution in [1.29, 1.82) is 0 Å². The number of nitrogens with zero attached hydrogens (tertiary/aromatic N) is 3. The molecule has 1 aromatic carbocycles. The fraction of sp³-hybridized carbons (Fsp3) is 0.375. The number of imide groups is 2. The Balaban J connectivity index is 1.78. The molecule has 0 radical (unpaired) electrons. The third-order valence-electron chi connectivity index (χ3n) is 4.04. The number of hydrogen-bond acceptors (Lipinski definition) is 4. The van der Waals surface area contributed by atoms with E-state index >= 15 is 0 Å². The second-order valence-electron chi connectivity index (χ2n) is 5.52. The van der Waals surface area contributed by atoms with Gasteiger partial charge in [-0.1, -0.05) is 49.6 Å². The Kier molecular flexibility index (Phi) is 4.00. The Labute approximate surface area is 128 Å². The molecule has 0 N–H and O–H groups in total. The summed E-state index contributed by atoms with van der Waals surface area (Å²) in [7, 11) is 0. The fourth-order valence-corrected chi connectivity index (χ4v) is 2.90. The highest BCUT2D eigenvalue weighted by Gasteiger charge is 2.48. The second-order valence-corrected chi connectivity index (χ2v) is 5.52. The number of carbonyl (C=O) groups excluding carboxylic acids is 3. The van der Waals surface area contributed by atoms with Crippen molar-refractivity contribution in [3.63, 3.8) is 0 Å². The third kappa shape index (κ3) is 2.64. The van der Waals surface area contributed by atoms with Gasteiger partial charge >= 0.3 is 17.8 Å². The van der Waals surface area contributed by atoms with Gasteiger partial charge in [-0.15, -0.1) is 5.01 Å². The van der Waals surface area contributed by atoms with Crippen LogP contribution in [-0.4, -0.2) is 40.0 Å². The van der Waals surface area contributed by atoms with Crippen LogP contribution in [0.3, 0.4) is 0 Å². The lowest BCUT2D eigenvalue weighted by atomic mass is 9.94. The number of rotatable bonds is 3. The van der Waals surface area contributed by atoms with Crippen LogP contribution in [0.1, 0.15) is 37.7 Å². The summed E-state index contributed by atoms with van der Waals surface area (Å²) in [6.45, 7) is 0. The smallest absolute Gasteiger partial charge is 0.263 e. The van der Waals surface area contributed by atoms with Gasteiger partial charge in [0.15, 0.2) is 0 Å². The molecule has 0 spiro atoms. The van der Waals surface area contributed by atoms with Crippen LogP contribution in [0.2, 0.25) is 0 Å². The first-order chi connectivity index (χ1) is 10.7. The van der Waals surface area contributed by atoms with Crippen molar-refractivity contribution in [3.05, 3.63) is 35.9 Å². The van der Waals surface area contributed by atoms with Crippen LogP contribution in [0.5, 0.6) is 0 Å². The second kappa shape index (κ2) is 6.09. The lowest BCUT2D eigenvalue weighted by Gasteiger charge is -2.27. The molecule has 2 fully saturated rings. The van der Waals surface area contributed by atoms with Crippen molar-refractivity contribution in [2.75, 3.05) is 0 Å². The van der Waals surface area contributed by atoms with E-state index in [0.29, 0.717) is 5.01 Å². The largest absolute Gasteiger partial charge is 0.355 e. The quantitative estimate of drug-likeness (QED) is 0.488. The molecule has 22 heavy (non-hydrogen) atoms. The molecular weight excluding hydrogens is 282 g/mol.